The number of carbonyl (C=O) groups is 1. The molecule has 7 heteroatoms. The molecule has 0 atom stereocenters. The minimum absolute atomic E-state index is 0.236. The number of rotatable bonds is 7. The van der Waals surface area contributed by atoms with Crippen LogP contribution in [0.2, 0.25) is 0 Å². The molecule has 0 spiro atoms. The van der Waals surface area contributed by atoms with Crippen LogP contribution in [0.15, 0.2) is 35.3 Å². The standard InChI is InChI=1S/C18H28N4O3/c1-2-25-18(23)22-11-8-16(9-12-22)21-17(19)20-10-13-24-14-15-6-4-3-5-7-15/h3-7,16H,2,8-14H2,1H3,(H3,19,20,21). The lowest BCUT2D eigenvalue weighted by Gasteiger charge is -2.31. The molecule has 0 unspecified atom stereocenters. The fourth-order valence-electron chi connectivity index (χ4n) is 2.67. The molecule has 7 nitrogen and oxygen atoms in total. The van der Waals surface area contributed by atoms with Gasteiger partial charge in [-0.1, -0.05) is 30.3 Å². The molecule has 25 heavy (non-hydrogen) atoms. The minimum Gasteiger partial charge on any atom is -0.450 e. The molecule has 0 radical (unpaired) electrons. The zero-order valence-electron chi connectivity index (χ0n) is 14.8. The molecule has 1 fully saturated rings. The Morgan fingerprint density at radius 2 is 2.04 bits per heavy atom. The molecule has 3 N–H and O–H groups in total. The summed E-state index contributed by atoms with van der Waals surface area (Å²) in [5.74, 6) is 0.429. The van der Waals surface area contributed by atoms with Crippen molar-refractivity contribution in [3.63, 3.8) is 0 Å². The molecule has 0 bridgehead atoms. The zero-order chi connectivity index (χ0) is 17.9. The van der Waals surface area contributed by atoms with Crippen molar-refractivity contribution in [1.29, 1.82) is 0 Å². The highest BCUT2D eigenvalue weighted by molar-refractivity contribution is 5.78. The fourth-order valence-corrected chi connectivity index (χ4v) is 2.67. The van der Waals surface area contributed by atoms with E-state index in [0.29, 0.717) is 45.4 Å². The molecule has 1 saturated heterocycles. The first-order chi connectivity index (χ1) is 12.2. The van der Waals surface area contributed by atoms with E-state index < -0.39 is 0 Å². The number of piperidine rings is 1. The molecule has 1 aliphatic heterocycles. The number of amides is 1. The Labute approximate surface area is 149 Å². The monoisotopic (exact) mass is 348 g/mol. The Balaban J connectivity index is 1.59. The van der Waals surface area contributed by atoms with Crippen LogP contribution in [0.4, 0.5) is 4.79 Å². The van der Waals surface area contributed by atoms with Crippen LogP contribution in [0.25, 0.3) is 0 Å². The van der Waals surface area contributed by atoms with Crippen molar-refractivity contribution in [3.8, 4) is 0 Å². The van der Waals surface area contributed by atoms with E-state index in [-0.39, 0.29) is 12.1 Å². The molecule has 1 aliphatic rings. The molecule has 0 aromatic heterocycles. The van der Waals surface area contributed by atoms with Crippen LogP contribution in [-0.2, 0) is 16.1 Å². The smallest absolute Gasteiger partial charge is 0.409 e. The van der Waals surface area contributed by atoms with Gasteiger partial charge >= 0.3 is 6.09 Å². The fraction of sp³-hybridized carbons (Fsp3) is 0.556. The summed E-state index contributed by atoms with van der Waals surface area (Å²) in [5.41, 5.74) is 7.06. The van der Waals surface area contributed by atoms with Gasteiger partial charge in [-0.3, -0.25) is 4.99 Å². The highest BCUT2D eigenvalue weighted by Crippen LogP contribution is 2.11. The van der Waals surface area contributed by atoms with Crippen LogP contribution < -0.4 is 11.1 Å². The third-order valence-electron chi connectivity index (χ3n) is 4.00. The van der Waals surface area contributed by atoms with Crippen molar-refractivity contribution in [2.45, 2.75) is 32.4 Å². The number of benzene rings is 1. The maximum Gasteiger partial charge on any atom is 0.409 e. The predicted octanol–water partition coefficient (Wildman–Crippen LogP) is 1.73. The second-order valence-corrected chi connectivity index (χ2v) is 5.91. The number of nitrogens with one attached hydrogen (secondary N) is 1. The number of hydrogen-bond acceptors (Lipinski definition) is 4. The first kappa shape index (κ1) is 19.1. The summed E-state index contributed by atoms with van der Waals surface area (Å²) in [6.07, 6.45) is 1.43. The third-order valence-corrected chi connectivity index (χ3v) is 4.00. The quantitative estimate of drug-likeness (QED) is 0.445. The lowest BCUT2D eigenvalue weighted by Crippen LogP contribution is -2.48. The predicted molar refractivity (Wildman–Crippen MR) is 97.3 cm³/mol. The van der Waals surface area contributed by atoms with Gasteiger partial charge in [0.25, 0.3) is 0 Å². The second kappa shape index (κ2) is 10.6. The summed E-state index contributed by atoms with van der Waals surface area (Å²) in [6, 6.07) is 10.3. The molecule has 0 saturated carbocycles. The van der Waals surface area contributed by atoms with E-state index >= 15 is 0 Å². The van der Waals surface area contributed by atoms with Crippen LogP contribution in [0, 0.1) is 0 Å². The molecular formula is C18H28N4O3. The SMILES string of the molecule is CCOC(=O)N1CCC(NC(N)=NCCOCc2ccccc2)CC1. The molecular weight excluding hydrogens is 320 g/mol. The van der Waals surface area contributed by atoms with Crippen molar-refractivity contribution >= 4 is 12.1 Å². The van der Waals surface area contributed by atoms with Crippen LogP contribution in [0.1, 0.15) is 25.3 Å². The molecule has 138 valence electrons. The van der Waals surface area contributed by atoms with E-state index in [4.69, 9.17) is 15.2 Å². The number of guanidine groups is 1. The average molecular weight is 348 g/mol. The van der Waals surface area contributed by atoms with Gasteiger partial charge in [-0.05, 0) is 25.3 Å². The molecule has 1 aromatic rings. The van der Waals surface area contributed by atoms with Gasteiger partial charge in [-0.2, -0.15) is 0 Å². The lowest BCUT2D eigenvalue weighted by atomic mass is 10.1. The maximum atomic E-state index is 11.7. The highest BCUT2D eigenvalue weighted by Gasteiger charge is 2.23. The van der Waals surface area contributed by atoms with E-state index in [9.17, 15) is 4.79 Å². The van der Waals surface area contributed by atoms with Gasteiger partial charge < -0.3 is 25.4 Å². The first-order valence-electron chi connectivity index (χ1n) is 8.79. The van der Waals surface area contributed by atoms with Gasteiger partial charge in [-0.15, -0.1) is 0 Å². The van der Waals surface area contributed by atoms with Gasteiger partial charge in [0, 0.05) is 19.1 Å². The second-order valence-electron chi connectivity index (χ2n) is 5.91. The molecule has 1 amide bonds. The van der Waals surface area contributed by atoms with E-state index in [1.54, 1.807) is 4.90 Å². The van der Waals surface area contributed by atoms with Crippen LogP contribution in [-0.4, -0.2) is 55.8 Å². The number of hydrogen-bond donors (Lipinski definition) is 2. The minimum atomic E-state index is -0.238. The van der Waals surface area contributed by atoms with E-state index in [1.165, 1.54) is 0 Å². The summed E-state index contributed by atoms with van der Waals surface area (Å²) in [7, 11) is 0. The molecule has 1 heterocycles. The van der Waals surface area contributed by atoms with Crippen LogP contribution in [0.5, 0.6) is 0 Å². The normalized spacial score (nSPS) is 15.9. The number of nitrogens with two attached hydrogens (primary N) is 1. The average Bonchev–Trinajstić information content (AvgIpc) is 2.63. The number of carbonyl (C=O) groups excluding carboxylic acids is 1. The van der Waals surface area contributed by atoms with E-state index in [0.717, 1.165) is 18.4 Å². The van der Waals surface area contributed by atoms with E-state index in [1.807, 2.05) is 37.3 Å². The maximum absolute atomic E-state index is 11.7. The largest absolute Gasteiger partial charge is 0.450 e. The summed E-state index contributed by atoms with van der Waals surface area (Å²) in [6.45, 7) is 5.19. The van der Waals surface area contributed by atoms with Crippen molar-refractivity contribution in [2.75, 3.05) is 32.8 Å². The Bertz CT molecular complexity index is 543. The number of aliphatic imine (C=N–C) groups is 1. The zero-order valence-corrected chi connectivity index (χ0v) is 14.8. The lowest BCUT2D eigenvalue weighted by molar-refractivity contribution is 0.0963. The summed E-state index contributed by atoms with van der Waals surface area (Å²) in [4.78, 5) is 17.7. The Hall–Kier alpha value is -2.28. The Kier molecular flexibility index (Phi) is 8.04. The summed E-state index contributed by atoms with van der Waals surface area (Å²) >= 11 is 0. The van der Waals surface area contributed by atoms with Crippen LogP contribution >= 0.6 is 0 Å². The van der Waals surface area contributed by atoms with Gasteiger partial charge in [0.2, 0.25) is 0 Å². The molecule has 0 aliphatic carbocycles. The van der Waals surface area contributed by atoms with Gasteiger partial charge in [0.1, 0.15) is 0 Å². The third kappa shape index (κ3) is 7.01. The number of likely N-dealkylation sites (tertiary alicyclic amines) is 1. The van der Waals surface area contributed by atoms with Crippen molar-refractivity contribution < 1.29 is 14.3 Å². The van der Waals surface area contributed by atoms with Gasteiger partial charge in [-0.25, -0.2) is 4.79 Å². The summed E-state index contributed by atoms with van der Waals surface area (Å²) in [5, 5.41) is 3.21. The van der Waals surface area contributed by atoms with Crippen molar-refractivity contribution in [3.05, 3.63) is 35.9 Å². The molecule has 2 rings (SSSR count). The Morgan fingerprint density at radius 1 is 1.32 bits per heavy atom. The molecule has 1 aromatic carbocycles. The topological polar surface area (TPSA) is 89.2 Å². The van der Waals surface area contributed by atoms with Crippen LogP contribution in [0.3, 0.4) is 0 Å². The first-order valence-corrected chi connectivity index (χ1v) is 8.79. The number of ether oxygens (including phenoxy) is 2. The number of nitrogens with zero attached hydrogens (tertiary/aromatic N) is 2. The van der Waals surface area contributed by atoms with Gasteiger partial charge in [0.05, 0.1) is 26.4 Å². The van der Waals surface area contributed by atoms with Crippen molar-refractivity contribution in [1.82, 2.24) is 10.2 Å². The highest BCUT2D eigenvalue weighted by atomic mass is 16.6. The van der Waals surface area contributed by atoms with E-state index in [2.05, 4.69) is 10.3 Å². The van der Waals surface area contributed by atoms with Crippen molar-refractivity contribution in [2.24, 2.45) is 10.7 Å². The van der Waals surface area contributed by atoms with Gasteiger partial charge in [0.15, 0.2) is 5.96 Å². The Morgan fingerprint density at radius 3 is 2.72 bits per heavy atom. The summed E-state index contributed by atoms with van der Waals surface area (Å²) < 4.78 is 10.6.